The molecule has 0 bridgehead atoms. The molecule has 0 spiro atoms. The molecular weight excluding hydrogens is 140 g/mol. The smallest absolute Gasteiger partial charge is 0.0675 e. The lowest BCUT2D eigenvalue weighted by molar-refractivity contribution is 0.0815. The van der Waals surface area contributed by atoms with Gasteiger partial charge in [-0.15, -0.1) is 0 Å². The van der Waals surface area contributed by atoms with E-state index in [2.05, 4.69) is 13.5 Å². The number of hydrogen-bond acceptors (Lipinski definition) is 1. The van der Waals surface area contributed by atoms with Crippen molar-refractivity contribution in [3.05, 3.63) is 12.2 Å². The van der Waals surface area contributed by atoms with Gasteiger partial charge in [-0.1, -0.05) is 19.1 Å². The summed E-state index contributed by atoms with van der Waals surface area (Å²) in [5.74, 6) is 0. The van der Waals surface area contributed by atoms with E-state index in [1.807, 2.05) is 6.92 Å². The van der Waals surface area contributed by atoms with Gasteiger partial charge in [0, 0.05) is 10.2 Å². The molecule has 0 aromatic carbocycles. The van der Waals surface area contributed by atoms with Crippen molar-refractivity contribution in [1.82, 2.24) is 0 Å². The maximum Gasteiger partial charge on any atom is 0.0675 e. The lowest BCUT2D eigenvalue weighted by Crippen LogP contribution is -2.11. The summed E-state index contributed by atoms with van der Waals surface area (Å²) in [6.07, 6.45) is 1.62. The molecule has 0 heterocycles. The monoisotopic (exact) mass is 158 g/mol. The molecule has 0 rings (SSSR count). The van der Waals surface area contributed by atoms with E-state index in [1.54, 1.807) is 0 Å². The van der Waals surface area contributed by atoms with Gasteiger partial charge in [0.2, 0.25) is 0 Å². The molecule has 0 aromatic heterocycles. The molecule has 0 saturated carbocycles. The van der Waals surface area contributed by atoms with Crippen LogP contribution >= 0.6 is 0 Å². The molecule has 2 heteroatoms. The zero-order valence-corrected chi connectivity index (χ0v) is 9.31. The lowest BCUT2D eigenvalue weighted by Gasteiger charge is -2.12. The van der Waals surface area contributed by atoms with Crippen molar-refractivity contribution >= 4 is 10.2 Å². The number of rotatable bonds is 5. The minimum absolute atomic E-state index is 0.489. The molecule has 0 N–H and O–H groups in total. The van der Waals surface area contributed by atoms with E-state index in [9.17, 15) is 0 Å². The van der Waals surface area contributed by atoms with E-state index in [4.69, 9.17) is 4.74 Å². The van der Waals surface area contributed by atoms with Crippen molar-refractivity contribution in [3.63, 3.8) is 0 Å². The third-order valence-electron chi connectivity index (χ3n) is 1.48. The first-order chi connectivity index (χ1) is 4.70. The molecule has 0 fully saturated rings. The van der Waals surface area contributed by atoms with Crippen LogP contribution in [0.3, 0.4) is 0 Å². The van der Waals surface area contributed by atoms with Gasteiger partial charge in [0.1, 0.15) is 0 Å². The Labute approximate surface area is 66.9 Å². The maximum atomic E-state index is 5.54. The molecule has 0 aliphatic rings. The largest absolute Gasteiger partial charge is 0.374 e. The molecule has 1 nitrogen and oxygen atoms in total. The molecular formula is C8H18OSi. The van der Waals surface area contributed by atoms with E-state index in [0.29, 0.717) is 6.10 Å². The Morgan fingerprint density at radius 2 is 2.30 bits per heavy atom. The SMILES string of the molecule is C=C(C)COC(CC)C[SiH3]. The van der Waals surface area contributed by atoms with E-state index in [0.717, 1.165) is 18.6 Å². The summed E-state index contributed by atoms with van der Waals surface area (Å²) >= 11 is 0. The van der Waals surface area contributed by atoms with Gasteiger partial charge in [-0.05, 0) is 19.4 Å². The van der Waals surface area contributed by atoms with Crippen molar-refractivity contribution in [2.24, 2.45) is 0 Å². The Balaban J connectivity index is 3.34. The van der Waals surface area contributed by atoms with Crippen LogP contribution in [0.25, 0.3) is 0 Å². The second-order valence-corrected chi connectivity index (χ2v) is 3.52. The quantitative estimate of drug-likeness (QED) is 0.431. The summed E-state index contributed by atoms with van der Waals surface area (Å²) in [6.45, 7) is 8.69. The van der Waals surface area contributed by atoms with E-state index >= 15 is 0 Å². The van der Waals surface area contributed by atoms with E-state index in [1.165, 1.54) is 16.3 Å². The van der Waals surface area contributed by atoms with Crippen LogP contribution in [-0.2, 0) is 4.74 Å². The highest BCUT2D eigenvalue weighted by Crippen LogP contribution is 2.03. The van der Waals surface area contributed by atoms with Crippen molar-refractivity contribution in [2.75, 3.05) is 6.61 Å². The van der Waals surface area contributed by atoms with Gasteiger partial charge in [-0.25, -0.2) is 0 Å². The highest BCUT2D eigenvalue weighted by molar-refractivity contribution is 6.08. The Bertz CT molecular complexity index is 97.4. The van der Waals surface area contributed by atoms with Gasteiger partial charge in [-0.2, -0.15) is 0 Å². The van der Waals surface area contributed by atoms with Crippen molar-refractivity contribution in [3.8, 4) is 0 Å². The zero-order chi connectivity index (χ0) is 7.98. The third-order valence-corrected chi connectivity index (χ3v) is 2.39. The van der Waals surface area contributed by atoms with Crippen LogP contribution in [0.15, 0.2) is 12.2 Å². The minimum atomic E-state index is 0.489. The van der Waals surface area contributed by atoms with Gasteiger partial charge >= 0.3 is 0 Å². The first-order valence-corrected chi connectivity index (χ1v) is 5.38. The van der Waals surface area contributed by atoms with Crippen LogP contribution in [-0.4, -0.2) is 23.0 Å². The normalized spacial score (nSPS) is 13.4. The predicted octanol–water partition coefficient (Wildman–Crippen LogP) is 1.14. The Morgan fingerprint density at radius 3 is 2.60 bits per heavy atom. The average Bonchev–Trinajstić information content (AvgIpc) is 1.90. The number of ether oxygens (including phenoxy) is 1. The molecule has 1 unspecified atom stereocenters. The molecule has 0 radical (unpaired) electrons. The fourth-order valence-electron chi connectivity index (χ4n) is 0.784. The molecule has 0 aliphatic heterocycles. The number of hydrogen-bond donors (Lipinski definition) is 0. The standard InChI is InChI=1S/C8H18OSi/c1-4-8(6-10)9-5-7(2)3/h8H,2,4-6H2,1,3,10H3. The first-order valence-electron chi connectivity index (χ1n) is 3.96. The Hall–Kier alpha value is -0.0831. The predicted molar refractivity (Wildman–Crippen MR) is 49.6 cm³/mol. The molecule has 1 atom stereocenters. The van der Waals surface area contributed by atoms with Crippen LogP contribution in [0.4, 0.5) is 0 Å². The highest BCUT2D eigenvalue weighted by atomic mass is 28.1. The van der Waals surface area contributed by atoms with Gasteiger partial charge < -0.3 is 4.74 Å². The maximum absolute atomic E-state index is 5.54. The van der Waals surface area contributed by atoms with Crippen LogP contribution in [0.5, 0.6) is 0 Å². The fraction of sp³-hybridized carbons (Fsp3) is 0.750. The van der Waals surface area contributed by atoms with Crippen LogP contribution in [0.2, 0.25) is 6.04 Å². The molecule has 0 saturated heterocycles. The highest BCUT2D eigenvalue weighted by Gasteiger charge is 2.01. The van der Waals surface area contributed by atoms with Gasteiger partial charge in [0.15, 0.2) is 0 Å². The zero-order valence-electron chi connectivity index (χ0n) is 7.31. The van der Waals surface area contributed by atoms with Crippen molar-refractivity contribution in [2.45, 2.75) is 32.4 Å². The Kier molecular flexibility index (Phi) is 5.64. The molecule has 60 valence electrons. The fourth-order valence-corrected chi connectivity index (χ4v) is 1.60. The van der Waals surface area contributed by atoms with Crippen molar-refractivity contribution < 1.29 is 4.74 Å². The molecule has 0 aliphatic carbocycles. The van der Waals surface area contributed by atoms with Crippen molar-refractivity contribution in [1.29, 1.82) is 0 Å². The Morgan fingerprint density at radius 1 is 1.70 bits per heavy atom. The second kappa shape index (κ2) is 5.68. The molecule has 0 amide bonds. The molecule has 10 heavy (non-hydrogen) atoms. The van der Waals surface area contributed by atoms with Crippen LogP contribution in [0.1, 0.15) is 20.3 Å². The topological polar surface area (TPSA) is 9.23 Å². The summed E-state index contributed by atoms with van der Waals surface area (Å²) in [7, 11) is 1.24. The third kappa shape index (κ3) is 4.76. The summed E-state index contributed by atoms with van der Waals surface area (Å²) in [5.41, 5.74) is 1.12. The van der Waals surface area contributed by atoms with Crippen LogP contribution in [0, 0.1) is 0 Å². The average molecular weight is 158 g/mol. The molecule has 0 aromatic rings. The second-order valence-electron chi connectivity index (χ2n) is 2.71. The summed E-state index contributed by atoms with van der Waals surface area (Å²) in [4.78, 5) is 0. The van der Waals surface area contributed by atoms with Gasteiger partial charge in [0.05, 0.1) is 12.7 Å². The van der Waals surface area contributed by atoms with Crippen LogP contribution < -0.4 is 0 Å². The van der Waals surface area contributed by atoms with E-state index < -0.39 is 0 Å². The minimum Gasteiger partial charge on any atom is -0.374 e. The summed E-state index contributed by atoms with van der Waals surface area (Å²) in [6, 6.07) is 1.24. The van der Waals surface area contributed by atoms with Gasteiger partial charge in [0.25, 0.3) is 0 Å². The van der Waals surface area contributed by atoms with Gasteiger partial charge in [-0.3, -0.25) is 0 Å². The summed E-state index contributed by atoms with van der Waals surface area (Å²) in [5, 5.41) is 0. The lowest BCUT2D eigenvalue weighted by atomic mass is 10.3. The summed E-state index contributed by atoms with van der Waals surface area (Å²) < 4.78 is 5.54. The van der Waals surface area contributed by atoms with E-state index in [-0.39, 0.29) is 0 Å². The first kappa shape index (κ1) is 9.92.